The molecule has 7 nitrogen and oxygen atoms in total. The predicted octanol–water partition coefficient (Wildman–Crippen LogP) is 1.92. The Balaban J connectivity index is 2.96. The second kappa shape index (κ2) is 6.69. The number of nitrogens with one attached hydrogen (secondary N) is 1. The Bertz CT molecular complexity index is 473. The van der Waals surface area contributed by atoms with E-state index in [9.17, 15) is 14.9 Å². The summed E-state index contributed by atoms with van der Waals surface area (Å²) in [6.07, 6.45) is 0. The van der Waals surface area contributed by atoms with Crippen molar-refractivity contribution in [1.82, 2.24) is 5.48 Å². The number of carbonyl (C=O) groups excluding carboxylic acids is 1. The van der Waals surface area contributed by atoms with Crippen LogP contribution in [0.5, 0.6) is 5.75 Å². The van der Waals surface area contributed by atoms with Gasteiger partial charge in [-0.15, -0.1) is 0 Å². The number of hydrogen-bond donors (Lipinski definition) is 1. The first-order chi connectivity index (χ1) is 8.97. The van der Waals surface area contributed by atoms with Crippen molar-refractivity contribution < 1.29 is 19.3 Å². The van der Waals surface area contributed by atoms with Crippen LogP contribution >= 0.6 is 0 Å². The Kier molecular flexibility index (Phi) is 5.25. The van der Waals surface area contributed by atoms with Gasteiger partial charge < -0.3 is 4.74 Å². The second-order valence-corrected chi connectivity index (χ2v) is 4.25. The molecule has 0 aliphatic rings. The van der Waals surface area contributed by atoms with Crippen LogP contribution in [0.4, 0.5) is 5.69 Å². The van der Waals surface area contributed by atoms with Gasteiger partial charge in [0.05, 0.1) is 18.6 Å². The molecule has 1 aromatic rings. The van der Waals surface area contributed by atoms with E-state index < -0.39 is 10.8 Å². The zero-order valence-corrected chi connectivity index (χ0v) is 11.0. The number of hydroxylamine groups is 1. The van der Waals surface area contributed by atoms with Gasteiger partial charge in [0.1, 0.15) is 5.75 Å². The van der Waals surface area contributed by atoms with Crippen LogP contribution in [0.15, 0.2) is 18.2 Å². The van der Waals surface area contributed by atoms with E-state index >= 15 is 0 Å². The molecular formula is C12H16N2O5. The van der Waals surface area contributed by atoms with E-state index in [0.717, 1.165) is 0 Å². The van der Waals surface area contributed by atoms with Crippen molar-refractivity contribution >= 4 is 11.6 Å². The molecule has 0 atom stereocenters. The normalized spacial score (nSPS) is 10.3. The molecule has 1 rings (SSSR count). The molecule has 0 heterocycles. The fraction of sp³-hybridized carbons (Fsp3) is 0.417. The lowest BCUT2D eigenvalue weighted by molar-refractivity contribution is -0.385. The van der Waals surface area contributed by atoms with Gasteiger partial charge in [0.15, 0.2) is 5.56 Å². The van der Waals surface area contributed by atoms with E-state index in [1.807, 2.05) is 13.8 Å². The summed E-state index contributed by atoms with van der Waals surface area (Å²) in [6.45, 7) is 4.14. The number of rotatable bonds is 6. The summed E-state index contributed by atoms with van der Waals surface area (Å²) >= 11 is 0. The molecule has 0 bridgehead atoms. The lowest BCUT2D eigenvalue weighted by Gasteiger charge is -2.10. The van der Waals surface area contributed by atoms with Crippen LogP contribution in [-0.4, -0.2) is 24.5 Å². The fourth-order valence-corrected chi connectivity index (χ4v) is 1.39. The monoisotopic (exact) mass is 268 g/mol. The Morgan fingerprint density at radius 2 is 2.16 bits per heavy atom. The van der Waals surface area contributed by atoms with Gasteiger partial charge in [0, 0.05) is 6.07 Å². The summed E-state index contributed by atoms with van der Waals surface area (Å²) in [4.78, 5) is 27.1. The Labute approximate surface area is 110 Å². The average Bonchev–Trinajstić information content (AvgIpc) is 2.36. The number of benzene rings is 1. The summed E-state index contributed by atoms with van der Waals surface area (Å²) in [6, 6.07) is 4.16. The molecule has 1 aromatic carbocycles. The number of nitro groups is 1. The molecule has 0 aliphatic heterocycles. The topological polar surface area (TPSA) is 90.7 Å². The molecule has 104 valence electrons. The van der Waals surface area contributed by atoms with Crippen molar-refractivity contribution in [3.8, 4) is 5.75 Å². The van der Waals surface area contributed by atoms with E-state index in [-0.39, 0.29) is 22.9 Å². The van der Waals surface area contributed by atoms with E-state index in [2.05, 4.69) is 5.48 Å². The summed E-state index contributed by atoms with van der Waals surface area (Å²) < 4.78 is 4.96. The van der Waals surface area contributed by atoms with Gasteiger partial charge in [0.2, 0.25) is 0 Å². The van der Waals surface area contributed by atoms with Crippen LogP contribution in [0.3, 0.4) is 0 Å². The number of hydrogen-bond acceptors (Lipinski definition) is 5. The minimum absolute atomic E-state index is 0.125. The van der Waals surface area contributed by atoms with Crippen LogP contribution < -0.4 is 10.2 Å². The van der Waals surface area contributed by atoms with E-state index in [0.29, 0.717) is 6.61 Å². The average molecular weight is 268 g/mol. The van der Waals surface area contributed by atoms with Crippen molar-refractivity contribution in [2.24, 2.45) is 5.92 Å². The first-order valence-electron chi connectivity index (χ1n) is 5.71. The van der Waals surface area contributed by atoms with E-state index in [1.54, 1.807) is 0 Å². The zero-order chi connectivity index (χ0) is 14.4. The lowest BCUT2D eigenvalue weighted by atomic mass is 10.1. The third-order valence-corrected chi connectivity index (χ3v) is 2.23. The molecule has 1 N–H and O–H groups in total. The number of amides is 1. The van der Waals surface area contributed by atoms with Gasteiger partial charge in [-0.1, -0.05) is 19.9 Å². The Morgan fingerprint density at radius 3 is 2.68 bits per heavy atom. The number of nitro benzene ring substituents is 1. The summed E-state index contributed by atoms with van der Waals surface area (Å²) in [5, 5.41) is 10.9. The maximum absolute atomic E-state index is 11.9. The molecular weight excluding hydrogens is 252 g/mol. The molecule has 7 heteroatoms. The number of carbonyl (C=O) groups is 1. The minimum Gasteiger partial charge on any atom is -0.496 e. The van der Waals surface area contributed by atoms with Gasteiger partial charge in [-0.25, -0.2) is 5.48 Å². The van der Waals surface area contributed by atoms with Gasteiger partial charge in [0.25, 0.3) is 11.6 Å². The van der Waals surface area contributed by atoms with Crippen molar-refractivity contribution in [2.45, 2.75) is 13.8 Å². The number of nitrogens with zero attached hydrogens (tertiary/aromatic N) is 1. The highest BCUT2D eigenvalue weighted by atomic mass is 16.7. The summed E-state index contributed by atoms with van der Waals surface area (Å²) in [5.74, 6) is -0.349. The van der Waals surface area contributed by atoms with Crippen LogP contribution in [0.25, 0.3) is 0 Å². The van der Waals surface area contributed by atoms with Crippen LogP contribution in [0.2, 0.25) is 0 Å². The third-order valence-electron chi connectivity index (χ3n) is 2.23. The van der Waals surface area contributed by atoms with E-state index in [1.165, 1.54) is 25.3 Å². The summed E-state index contributed by atoms with van der Waals surface area (Å²) in [7, 11) is 1.34. The van der Waals surface area contributed by atoms with Crippen LogP contribution in [0.1, 0.15) is 24.2 Å². The SMILES string of the molecule is COc1cccc([N+](=O)[O-])c1C(=O)NOCC(C)C. The Hall–Kier alpha value is -2.15. The standard InChI is InChI=1S/C12H16N2O5/c1-8(2)7-19-13-12(15)11-9(14(16)17)5-4-6-10(11)18-3/h4-6,8H,7H2,1-3H3,(H,13,15). The van der Waals surface area contributed by atoms with Crippen LogP contribution in [0, 0.1) is 16.0 Å². The van der Waals surface area contributed by atoms with Crippen molar-refractivity contribution in [3.05, 3.63) is 33.9 Å². The number of ether oxygens (including phenoxy) is 1. The molecule has 19 heavy (non-hydrogen) atoms. The highest BCUT2D eigenvalue weighted by Crippen LogP contribution is 2.27. The molecule has 0 spiro atoms. The molecule has 0 aromatic heterocycles. The molecule has 0 saturated carbocycles. The van der Waals surface area contributed by atoms with Gasteiger partial charge in [-0.3, -0.25) is 19.7 Å². The van der Waals surface area contributed by atoms with Crippen molar-refractivity contribution in [3.63, 3.8) is 0 Å². The second-order valence-electron chi connectivity index (χ2n) is 4.25. The molecule has 0 aliphatic carbocycles. The zero-order valence-electron chi connectivity index (χ0n) is 11.0. The first kappa shape index (κ1) is 14.9. The molecule has 1 amide bonds. The fourth-order valence-electron chi connectivity index (χ4n) is 1.39. The minimum atomic E-state index is -0.704. The highest BCUT2D eigenvalue weighted by Gasteiger charge is 2.25. The quantitative estimate of drug-likeness (QED) is 0.628. The van der Waals surface area contributed by atoms with Gasteiger partial charge >= 0.3 is 0 Å². The van der Waals surface area contributed by atoms with E-state index in [4.69, 9.17) is 9.57 Å². The molecule has 0 unspecified atom stereocenters. The largest absolute Gasteiger partial charge is 0.496 e. The molecule has 0 fully saturated rings. The van der Waals surface area contributed by atoms with Gasteiger partial charge in [-0.05, 0) is 12.0 Å². The van der Waals surface area contributed by atoms with Crippen molar-refractivity contribution in [2.75, 3.05) is 13.7 Å². The predicted molar refractivity (Wildman–Crippen MR) is 67.9 cm³/mol. The number of methoxy groups -OCH3 is 1. The maximum atomic E-state index is 11.9. The van der Waals surface area contributed by atoms with Crippen LogP contribution in [-0.2, 0) is 4.84 Å². The molecule has 0 saturated heterocycles. The Morgan fingerprint density at radius 1 is 1.47 bits per heavy atom. The van der Waals surface area contributed by atoms with Crippen molar-refractivity contribution in [1.29, 1.82) is 0 Å². The summed E-state index contributed by atoms with van der Waals surface area (Å²) in [5.41, 5.74) is 1.69. The highest BCUT2D eigenvalue weighted by molar-refractivity contribution is 6.00. The van der Waals surface area contributed by atoms with Gasteiger partial charge in [-0.2, -0.15) is 0 Å². The molecule has 0 radical (unpaired) electrons. The smallest absolute Gasteiger partial charge is 0.286 e. The lowest BCUT2D eigenvalue weighted by Crippen LogP contribution is -2.26. The maximum Gasteiger partial charge on any atom is 0.286 e. The third kappa shape index (κ3) is 3.92. The first-order valence-corrected chi connectivity index (χ1v) is 5.71.